The number of methoxy groups -OCH3 is 1. The molecule has 15 atom stereocenters. The van der Waals surface area contributed by atoms with Crippen LogP contribution < -0.4 is 0 Å². The average Bonchev–Trinajstić information content (AvgIpc) is 3.09. The fourth-order valence-electron chi connectivity index (χ4n) is 8.34. The van der Waals surface area contributed by atoms with Crippen LogP contribution >= 0.6 is 0 Å². The van der Waals surface area contributed by atoms with Gasteiger partial charge in [-0.1, -0.05) is 70.6 Å². The van der Waals surface area contributed by atoms with Crippen LogP contribution in [0.3, 0.4) is 0 Å². The van der Waals surface area contributed by atoms with Crippen LogP contribution in [0.15, 0.2) is 59.3 Å². The molecule has 0 saturated carbocycles. The molecule has 0 aromatic carbocycles. The normalized spacial score (nSPS) is 47.2. The van der Waals surface area contributed by atoms with Crippen molar-refractivity contribution in [2.75, 3.05) is 7.11 Å². The summed E-state index contributed by atoms with van der Waals surface area (Å²) in [5.41, 5.74) is 0.490. The van der Waals surface area contributed by atoms with Gasteiger partial charge in [0.2, 0.25) is 0 Å². The number of carbonyl (C=O) groups is 1. The summed E-state index contributed by atoms with van der Waals surface area (Å²) in [4.78, 5) is 14.1. The van der Waals surface area contributed by atoms with E-state index in [0.29, 0.717) is 42.7 Å². The lowest BCUT2D eigenvalue weighted by Gasteiger charge is -2.48. The van der Waals surface area contributed by atoms with Gasteiger partial charge in [-0.15, -0.1) is 0 Å². The van der Waals surface area contributed by atoms with Gasteiger partial charge in [-0.3, -0.25) is 4.79 Å². The lowest BCUT2D eigenvalue weighted by molar-refractivity contribution is -0.300. The first-order valence-corrected chi connectivity index (χ1v) is 19.0. The molecule has 1 spiro atoms. The Kier molecular flexibility index (Phi) is 12.9. The molecule has 0 amide bonds. The predicted molar refractivity (Wildman–Crippen MR) is 193 cm³/mol. The first kappa shape index (κ1) is 40.0. The Hall–Kier alpha value is -2.15. The second-order valence-electron chi connectivity index (χ2n) is 15.9. The van der Waals surface area contributed by atoms with Crippen LogP contribution in [0.25, 0.3) is 0 Å². The van der Waals surface area contributed by atoms with Gasteiger partial charge < -0.3 is 43.7 Å². The molecule has 2 fully saturated rings. The van der Waals surface area contributed by atoms with E-state index < -0.39 is 66.2 Å². The highest BCUT2D eigenvalue weighted by Gasteiger charge is 2.51. The minimum absolute atomic E-state index is 0.0290. The van der Waals surface area contributed by atoms with Crippen LogP contribution in [0.5, 0.6) is 0 Å². The van der Waals surface area contributed by atoms with Gasteiger partial charge in [0.25, 0.3) is 0 Å². The fraction of sp³-hybridized carbons (Fsp3) is 0.732. The second-order valence-corrected chi connectivity index (χ2v) is 15.9. The molecule has 0 unspecified atom stereocenters. The minimum atomic E-state index is -1.66. The minimum Gasteiger partial charge on any atom is -0.462 e. The zero-order valence-electron chi connectivity index (χ0n) is 32.0. The third-order valence-corrected chi connectivity index (χ3v) is 12.0. The van der Waals surface area contributed by atoms with E-state index in [1.54, 1.807) is 33.1 Å². The molecule has 1 aliphatic carbocycles. The van der Waals surface area contributed by atoms with Crippen LogP contribution in [0.2, 0.25) is 0 Å². The summed E-state index contributed by atoms with van der Waals surface area (Å²) >= 11 is 0. The Morgan fingerprint density at radius 3 is 2.45 bits per heavy atom. The number of aliphatic hydroxyl groups is 3. The molecule has 0 aromatic heterocycles. The molecule has 5 aliphatic rings. The Bertz CT molecular complexity index is 1380. The zero-order valence-corrected chi connectivity index (χ0v) is 32.0. The summed E-state index contributed by atoms with van der Waals surface area (Å²) in [7, 11) is 1.58. The van der Waals surface area contributed by atoms with Gasteiger partial charge >= 0.3 is 5.97 Å². The van der Waals surface area contributed by atoms with Gasteiger partial charge in [-0.25, -0.2) is 0 Å². The van der Waals surface area contributed by atoms with Gasteiger partial charge in [-0.2, -0.15) is 0 Å². The van der Waals surface area contributed by atoms with Crippen LogP contribution in [0, 0.1) is 23.7 Å². The monoisotopic (exact) mass is 714 g/mol. The summed E-state index contributed by atoms with van der Waals surface area (Å²) in [6.07, 6.45) is 11.7. The quantitative estimate of drug-likeness (QED) is 0.235. The Morgan fingerprint density at radius 1 is 1.00 bits per heavy atom. The van der Waals surface area contributed by atoms with Crippen molar-refractivity contribution in [2.24, 2.45) is 23.7 Å². The first-order chi connectivity index (χ1) is 24.1. The average molecular weight is 715 g/mol. The maximum atomic E-state index is 14.1. The number of carbonyl (C=O) groups excluding carboxylic acids is 1. The number of allylic oxidation sites excluding steroid dienone is 2. The first-order valence-electron chi connectivity index (χ1n) is 19.0. The van der Waals surface area contributed by atoms with E-state index >= 15 is 0 Å². The molecule has 51 heavy (non-hydrogen) atoms. The predicted octanol–water partition coefficient (Wildman–Crippen LogP) is 5.85. The van der Waals surface area contributed by atoms with Crippen molar-refractivity contribution in [3.05, 3.63) is 59.3 Å². The molecule has 0 aromatic rings. The molecule has 10 heteroatoms. The number of esters is 1. The molecule has 4 aliphatic heterocycles. The molecular weight excluding hydrogens is 652 g/mol. The molecule has 2 bridgehead atoms. The van der Waals surface area contributed by atoms with E-state index in [-0.39, 0.29) is 30.5 Å². The number of aliphatic hydroxyl groups excluding tert-OH is 2. The Balaban J connectivity index is 1.54. The largest absolute Gasteiger partial charge is 0.462 e. The Morgan fingerprint density at radius 2 is 1.75 bits per heavy atom. The zero-order chi connectivity index (χ0) is 37.2. The van der Waals surface area contributed by atoms with Crippen molar-refractivity contribution in [1.29, 1.82) is 0 Å². The van der Waals surface area contributed by atoms with Crippen LogP contribution in [0.4, 0.5) is 0 Å². The van der Waals surface area contributed by atoms with Crippen LogP contribution in [0.1, 0.15) is 93.9 Å². The van der Waals surface area contributed by atoms with Crippen molar-refractivity contribution in [1.82, 2.24) is 0 Å². The summed E-state index contributed by atoms with van der Waals surface area (Å²) in [5.74, 6) is -2.25. The third kappa shape index (κ3) is 8.81. The molecule has 10 nitrogen and oxygen atoms in total. The van der Waals surface area contributed by atoms with Crippen molar-refractivity contribution in [2.45, 2.75) is 160 Å². The molecule has 3 N–H and O–H groups in total. The van der Waals surface area contributed by atoms with Gasteiger partial charge in [0.1, 0.15) is 23.7 Å². The van der Waals surface area contributed by atoms with Crippen molar-refractivity contribution in [3.8, 4) is 0 Å². The van der Waals surface area contributed by atoms with Crippen LogP contribution in [-0.4, -0.2) is 94.9 Å². The summed E-state index contributed by atoms with van der Waals surface area (Å²) in [5, 5.41) is 33.6. The molecule has 5 rings (SSSR count). The number of ether oxygens (including phenoxy) is 6. The standard InChI is InChI=1S/C41H62O10/c1-10-23(2)38-26(5)16-17-40(51-38)21-31-19-30(50-40)15-14-25(4)37(49-35-20-34(46-9)36(43)29(8)47-35)24(3)12-11-13-28(7)41(45)22-33(42)27(6)18-32(41)39(44)48-31/h11-14,16-18,23-24,26,29-38,42-43,45H,10,15,19-22H2,1-9H3/b12-11-,25-14+,28-13+/t23-,24-,26-,29-,30+,31-,32-,33-,34-,35-,36-,37-,38+,40+,41+/m0/s1. The maximum absolute atomic E-state index is 14.1. The summed E-state index contributed by atoms with van der Waals surface area (Å²) < 4.78 is 38.3. The fourth-order valence-corrected chi connectivity index (χ4v) is 8.34. The van der Waals surface area contributed by atoms with Crippen LogP contribution in [-0.2, 0) is 33.2 Å². The number of hydrogen-bond acceptors (Lipinski definition) is 10. The third-order valence-electron chi connectivity index (χ3n) is 12.0. The van der Waals surface area contributed by atoms with E-state index in [1.807, 2.05) is 32.1 Å². The summed E-state index contributed by atoms with van der Waals surface area (Å²) in [6.45, 7) is 16.0. The highest BCUT2D eigenvalue weighted by molar-refractivity contribution is 5.78. The lowest BCUT2D eigenvalue weighted by atomic mass is 9.71. The topological polar surface area (TPSA) is 133 Å². The second kappa shape index (κ2) is 16.5. The van der Waals surface area contributed by atoms with Gasteiger partial charge in [0.15, 0.2) is 12.1 Å². The molecule has 0 radical (unpaired) electrons. The summed E-state index contributed by atoms with van der Waals surface area (Å²) in [6, 6.07) is 0. The molecule has 286 valence electrons. The number of rotatable bonds is 5. The molecular formula is C41H62O10. The van der Waals surface area contributed by atoms with E-state index in [0.717, 1.165) is 12.0 Å². The molecule has 4 heterocycles. The SMILES string of the molecule is CC[C@H](C)[C@H]1O[C@]2(C=C[C@@H]1C)C[C@@H]1C[C@@H](C/C=C(\C)[C@@H](O[C@H]3C[C@H](OC)[C@@H](O)[C@H](C)O3)[C@@H](C)/C=C\C=C(/C)[C@]3(O)C[C@H](O)C(C)=C[C@H]3C(=O)O1)O2. The van der Waals surface area contributed by atoms with E-state index in [4.69, 9.17) is 28.4 Å². The van der Waals surface area contributed by atoms with Crippen molar-refractivity contribution >= 4 is 5.97 Å². The lowest BCUT2D eigenvalue weighted by Crippen LogP contribution is -2.54. The van der Waals surface area contributed by atoms with Crippen molar-refractivity contribution in [3.63, 3.8) is 0 Å². The van der Waals surface area contributed by atoms with Crippen molar-refractivity contribution < 1.29 is 48.5 Å². The number of fused-ring (bicyclic) bond motifs is 3. The smallest absolute Gasteiger partial charge is 0.316 e. The number of hydrogen-bond donors (Lipinski definition) is 3. The van der Waals surface area contributed by atoms with E-state index in [1.165, 1.54) is 0 Å². The van der Waals surface area contributed by atoms with Gasteiger partial charge in [-0.05, 0) is 62.8 Å². The van der Waals surface area contributed by atoms with E-state index in [2.05, 4.69) is 39.8 Å². The Labute approximate surface area is 304 Å². The van der Waals surface area contributed by atoms with Gasteiger partial charge in [0.05, 0.1) is 36.6 Å². The molecule has 2 saturated heterocycles. The maximum Gasteiger partial charge on any atom is 0.316 e. The van der Waals surface area contributed by atoms with E-state index in [9.17, 15) is 20.1 Å². The highest BCUT2D eigenvalue weighted by Crippen LogP contribution is 2.44. The van der Waals surface area contributed by atoms with Gasteiger partial charge in [0, 0.05) is 44.6 Å². The highest BCUT2D eigenvalue weighted by atomic mass is 16.7.